The van der Waals surface area contributed by atoms with Crippen LogP contribution in [0.25, 0.3) is 0 Å². The number of carbonyl (C=O) groups excluding carboxylic acids is 1. The molecule has 0 atom stereocenters. The van der Waals surface area contributed by atoms with Crippen LogP contribution in [0.4, 0.5) is 11.4 Å². The van der Waals surface area contributed by atoms with Crippen LogP contribution >= 0.6 is 0 Å². The minimum absolute atomic E-state index is 0.147. The van der Waals surface area contributed by atoms with E-state index in [1.165, 1.54) is 0 Å². The Morgan fingerprint density at radius 1 is 1.40 bits per heavy atom. The third-order valence-corrected chi connectivity index (χ3v) is 4.45. The number of nitrogens with one attached hydrogen (secondary N) is 1. The van der Waals surface area contributed by atoms with Crippen molar-refractivity contribution < 1.29 is 13.2 Å². The number of anilines is 2. The molecule has 0 aliphatic carbocycles. The maximum absolute atomic E-state index is 12.0. The highest BCUT2D eigenvalue weighted by Gasteiger charge is 2.26. The zero-order valence-electron chi connectivity index (χ0n) is 11.7. The van der Waals surface area contributed by atoms with Gasteiger partial charge in [0.15, 0.2) is 0 Å². The lowest BCUT2D eigenvalue weighted by atomic mass is 10.2. The summed E-state index contributed by atoms with van der Waals surface area (Å²) in [5.74, 6) is -0.156. The fraction of sp³-hybridized carbons (Fsp3) is 0.462. The fourth-order valence-corrected chi connectivity index (χ4v) is 2.85. The normalized spacial score (nSPS) is 14.6. The van der Waals surface area contributed by atoms with Gasteiger partial charge >= 0.3 is 0 Å². The summed E-state index contributed by atoms with van der Waals surface area (Å²) in [6, 6.07) is 6.99. The second-order valence-electron chi connectivity index (χ2n) is 4.80. The van der Waals surface area contributed by atoms with Crippen LogP contribution in [-0.4, -0.2) is 52.2 Å². The minimum atomic E-state index is -3.50. The Kier molecular flexibility index (Phi) is 4.17. The topological polar surface area (TPSA) is 69.7 Å². The molecule has 1 N–H and O–H groups in total. The van der Waals surface area contributed by atoms with Crippen molar-refractivity contribution in [3.05, 3.63) is 24.3 Å². The standard InChI is InChI=1S/C13H19N3O3S/c1-14-11-5-3-6-12(9-11)16(20(2,18)19)10-13(17)15-7-4-8-15/h3,5-6,9,14H,4,7-8,10H2,1-2H3. The van der Waals surface area contributed by atoms with E-state index in [0.29, 0.717) is 18.8 Å². The van der Waals surface area contributed by atoms with Gasteiger partial charge in [-0.15, -0.1) is 0 Å². The number of benzene rings is 1. The van der Waals surface area contributed by atoms with Gasteiger partial charge in [-0.05, 0) is 24.6 Å². The number of rotatable bonds is 5. The van der Waals surface area contributed by atoms with Crippen LogP contribution in [-0.2, 0) is 14.8 Å². The van der Waals surface area contributed by atoms with Gasteiger partial charge in [0.2, 0.25) is 15.9 Å². The summed E-state index contributed by atoms with van der Waals surface area (Å²) in [6.45, 7) is 1.28. The molecule has 110 valence electrons. The Bertz CT molecular complexity index is 597. The van der Waals surface area contributed by atoms with Crippen LogP contribution < -0.4 is 9.62 Å². The smallest absolute Gasteiger partial charge is 0.243 e. The molecule has 0 bridgehead atoms. The summed E-state index contributed by atoms with van der Waals surface area (Å²) >= 11 is 0. The molecule has 1 aromatic carbocycles. The lowest BCUT2D eigenvalue weighted by Crippen LogP contribution is -2.48. The molecule has 2 rings (SSSR count). The SMILES string of the molecule is CNc1cccc(N(CC(=O)N2CCC2)S(C)(=O)=O)c1. The Hall–Kier alpha value is -1.76. The summed E-state index contributed by atoms with van der Waals surface area (Å²) in [7, 11) is -1.74. The third-order valence-electron chi connectivity index (χ3n) is 3.31. The number of hydrogen-bond donors (Lipinski definition) is 1. The zero-order chi connectivity index (χ0) is 14.8. The van der Waals surface area contributed by atoms with E-state index in [1.54, 1.807) is 30.1 Å². The second kappa shape index (κ2) is 5.70. The molecule has 0 unspecified atom stereocenters. The van der Waals surface area contributed by atoms with Crippen molar-refractivity contribution in [2.45, 2.75) is 6.42 Å². The Labute approximate surface area is 119 Å². The highest BCUT2D eigenvalue weighted by Crippen LogP contribution is 2.22. The van der Waals surface area contributed by atoms with Crippen LogP contribution in [0.3, 0.4) is 0 Å². The van der Waals surface area contributed by atoms with E-state index in [1.807, 2.05) is 6.07 Å². The molecule has 1 fully saturated rings. The molecule has 6 nitrogen and oxygen atoms in total. The maximum atomic E-state index is 12.0. The van der Waals surface area contributed by atoms with Crippen molar-refractivity contribution in [3.8, 4) is 0 Å². The van der Waals surface area contributed by atoms with Crippen molar-refractivity contribution in [3.63, 3.8) is 0 Å². The van der Waals surface area contributed by atoms with Crippen LogP contribution in [0.5, 0.6) is 0 Å². The molecular weight excluding hydrogens is 278 g/mol. The van der Waals surface area contributed by atoms with E-state index in [0.717, 1.165) is 22.7 Å². The number of amides is 1. The third kappa shape index (κ3) is 3.22. The number of carbonyl (C=O) groups is 1. The predicted octanol–water partition coefficient (Wildman–Crippen LogP) is 0.727. The second-order valence-corrected chi connectivity index (χ2v) is 6.71. The molecule has 0 aromatic heterocycles. The largest absolute Gasteiger partial charge is 0.388 e. The maximum Gasteiger partial charge on any atom is 0.243 e. The van der Waals surface area contributed by atoms with Gasteiger partial charge in [0, 0.05) is 25.8 Å². The van der Waals surface area contributed by atoms with Gasteiger partial charge in [-0.1, -0.05) is 6.07 Å². The first-order valence-electron chi connectivity index (χ1n) is 6.45. The van der Waals surface area contributed by atoms with E-state index >= 15 is 0 Å². The first-order chi connectivity index (χ1) is 9.41. The van der Waals surface area contributed by atoms with Crippen molar-refractivity contribution in [1.29, 1.82) is 0 Å². The average molecular weight is 297 g/mol. The molecule has 1 aliphatic heterocycles. The Morgan fingerprint density at radius 3 is 2.60 bits per heavy atom. The molecule has 1 saturated heterocycles. The molecule has 0 saturated carbocycles. The van der Waals surface area contributed by atoms with E-state index < -0.39 is 10.0 Å². The van der Waals surface area contributed by atoms with Gasteiger partial charge in [-0.3, -0.25) is 9.10 Å². The summed E-state index contributed by atoms with van der Waals surface area (Å²) < 4.78 is 25.0. The molecule has 1 aromatic rings. The number of nitrogens with zero attached hydrogens (tertiary/aromatic N) is 2. The highest BCUT2D eigenvalue weighted by atomic mass is 32.2. The lowest BCUT2D eigenvalue weighted by molar-refractivity contribution is -0.132. The molecule has 20 heavy (non-hydrogen) atoms. The Morgan fingerprint density at radius 2 is 2.10 bits per heavy atom. The van der Waals surface area contributed by atoms with Crippen LogP contribution in [0.2, 0.25) is 0 Å². The van der Waals surface area contributed by atoms with Crippen molar-refractivity contribution in [2.75, 3.05) is 42.6 Å². The monoisotopic (exact) mass is 297 g/mol. The van der Waals surface area contributed by atoms with Gasteiger partial charge in [0.05, 0.1) is 11.9 Å². The van der Waals surface area contributed by atoms with E-state index in [4.69, 9.17) is 0 Å². The quantitative estimate of drug-likeness (QED) is 0.870. The summed E-state index contributed by atoms with van der Waals surface area (Å²) in [5.41, 5.74) is 1.29. The minimum Gasteiger partial charge on any atom is -0.388 e. The fourth-order valence-electron chi connectivity index (χ4n) is 2.01. The van der Waals surface area contributed by atoms with Gasteiger partial charge in [0.25, 0.3) is 0 Å². The van der Waals surface area contributed by atoms with Crippen molar-refractivity contribution in [1.82, 2.24) is 4.90 Å². The van der Waals surface area contributed by atoms with E-state index in [2.05, 4.69) is 5.32 Å². The molecule has 0 spiro atoms. The zero-order valence-corrected chi connectivity index (χ0v) is 12.5. The highest BCUT2D eigenvalue weighted by molar-refractivity contribution is 7.92. The first kappa shape index (κ1) is 14.6. The summed E-state index contributed by atoms with van der Waals surface area (Å²) in [6.07, 6.45) is 2.10. The molecular formula is C13H19N3O3S. The van der Waals surface area contributed by atoms with Gasteiger partial charge in [-0.25, -0.2) is 8.42 Å². The molecule has 1 aliphatic rings. The number of hydrogen-bond acceptors (Lipinski definition) is 4. The van der Waals surface area contributed by atoms with Crippen molar-refractivity contribution in [2.24, 2.45) is 0 Å². The molecule has 0 radical (unpaired) electrons. The molecule has 1 amide bonds. The van der Waals surface area contributed by atoms with E-state index in [-0.39, 0.29) is 12.5 Å². The first-order valence-corrected chi connectivity index (χ1v) is 8.30. The molecule has 1 heterocycles. The predicted molar refractivity (Wildman–Crippen MR) is 79.4 cm³/mol. The van der Waals surface area contributed by atoms with Crippen molar-refractivity contribution >= 4 is 27.3 Å². The van der Waals surface area contributed by atoms with Gasteiger partial charge in [0.1, 0.15) is 6.54 Å². The van der Waals surface area contributed by atoms with Crippen LogP contribution in [0.15, 0.2) is 24.3 Å². The Balaban J connectivity index is 2.25. The van der Waals surface area contributed by atoms with Crippen LogP contribution in [0.1, 0.15) is 6.42 Å². The van der Waals surface area contributed by atoms with Gasteiger partial charge < -0.3 is 10.2 Å². The summed E-state index contributed by atoms with van der Waals surface area (Å²) in [4.78, 5) is 13.7. The average Bonchev–Trinajstić information content (AvgIpc) is 2.32. The van der Waals surface area contributed by atoms with Crippen LogP contribution in [0, 0.1) is 0 Å². The number of sulfonamides is 1. The van der Waals surface area contributed by atoms with E-state index in [9.17, 15) is 13.2 Å². The van der Waals surface area contributed by atoms with Gasteiger partial charge in [-0.2, -0.15) is 0 Å². The lowest BCUT2D eigenvalue weighted by Gasteiger charge is -2.33. The number of likely N-dealkylation sites (tertiary alicyclic amines) is 1. The summed E-state index contributed by atoms with van der Waals surface area (Å²) in [5, 5.41) is 2.96. The molecule has 7 heteroatoms.